The Hall–Kier alpha value is -1.54. The molecule has 0 bridgehead atoms. The number of hydrogen-bond acceptors (Lipinski definition) is 4. The minimum atomic E-state index is -0.328. The first-order valence-corrected chi connectivity index (χ1v) is 8.58. The molecule has 0 amide bonds. The average molecular weight is 324 g/mol. The van der Waals surface area contributed by atoms with Gasteiger partial charge in [0.2, 0.25) is 0 Å². The van der Waals surface area contributed by atoms with Gasteiger partial charge < -0.3 is 9.47 Å². The Labute approximate surface area is 132 Å². The number of imidazole rings is 1. The van der Waals surface area contributed by atoms with Crippen LogP contribution < -0.4 is 16.1 Å². The molecule has 0 aliphatic carbocycles. The van der Waals surface area contributed by atoms with Crippen LogP contribution in [0.5, 0.6) is 0 Å². The van der Waals surface area contributed by atoms with Gasteiger partial charge >= 0.3 is 5.69 Å². The predicted molar refractivity (Wildman–Crippen MR) is 86.7 cm³/mol. The van der Waals surface area contributed by atoms with Crippen LogP contribution in [0.3, 0.4) is 0 Å². The molecule has 0 spiro atoms. The molecule has 1 N–H and O–H groups in total. The zero-order valence-electron chi connectivity index (χ0n) is 13.3. The smallest absolute Gasteiger partial charge is 0.332 e. The van der Waals surface area contributed by atoms with Crippen molar-refractivity contribution in [3.05, 3.63) is 20.8 Å². The van der Waals surface area contributed by atoms with Gasteiger partial charge in [-0.05, 0) is 0 Å². The third-order valence-electron chi connectivity index (χ3n) is 4.42. The fourth-order valence-electron chi connectivity index (χ4n) is 3.10. The molecule has 1 aliphatic rings. The number of thioether (sulfide) groups is 1. The molecule has 1 saturated heterocycles. The highest BCUT2D eigenvalue weighted by molar-refractivity contribution is 7.99. The van der Waals surface area contributed by atoms with E-state index in [0.717, 1.165) is 22.0 Å². The van der Waals surface area contributed by atoms with Crippen molar-refractivity contribution in [1.82, 2.24) is 18.7 Å². The normalized spacial score (nSPS) is 16.0. The minimum Gasteiger partial charge on any atom is -0.334 e. The highest BCUT2D eigenvalue weighted by Crippen LogP contribution is 2.19. The summed E-state index contributed by atoms with van der Waals surface area (Å²) in [5.74, 6) is 0.973. The lowest BCUT2D eigenvalue weighted by Gasteiger charge is -2.11. The van der Waals surface area contributed by atoms with E-state index in [2.05, 4.69) is 4.98 Å². The standard InChI is InChI=1S/C14H21N5O2S/c1-16-11-10(12(20)18(3)14(21)17(11)2)15-13(16)22-9-8-19-6-4-5-7-19/h4-9H2,1-3H3/p+1. The third-order valence-corrected chi connectivity index (χ3v) is 5.45. The van der Waals surface area contributed by atoms with E-state index in [-0.39, 0.29) is 11.2 Å². The maximum atomic E-state index is 12.2. The first-order chi connectivity index (χ1) is 10.5. The Kier molecular flexibility index (Phi) is 4.14. The van der Waals surface area contributed by atoms with Crippen LogP contribution in [0.2, 0.25) is 0 Å². The van der Waals surface area contributed by atoms with Crippen LogP contribution in [-0.2, 0) is 21.1 Å². The summed E-state index contributed by atoms with van der Waals surface area (Å²) in [6.07, 6.45) is 2.65. The molecule has 0 atom stereocenters. The Morgan fingerprint density at radius 1 is 1.09 bits per heavy atom. The number of hydrogen-bond donors (Lipinski definition) is 1. The highest BCUT2D eigenvalue weighted by atomic mass is 32.2. The molecule has 8 heteroatoms. The van der Waals surface area contributed by atoms with E-state index in [9.17, 15) is 9.59 Å². The first-order valence-electron chi connectivity index (χ1n) is 7.59. The van der Waals surface area contributed by atoms with Gasteiger partial charge in [-0.15, -0.1) is 0 Å². The van der Waals surface area contributed by atoms with E-state index in [1.54, 1.807) is 23.7 Å². The van der Waals surface area contributed by atoms with Crippen molar-refractivity contribution in [2.75, 3.05) is 25.4 Å². The number of rotatable bonds is 4. The summed E-state index contributed by atoms with van der Waals surface area (Å²) in [4.78, 5) is 30.3. The number of nitrogens with one attached hydrogen (secondary N) is 1. The average Bonchev–Trinajstić information content (AvgIpc) is 3.12. The molecule has 0 radical (unpaired) electrons. The van der Waals surface area contributed by atoms with Gasteiger partial charge in [0.15, 0.2) is 16.3 Å². The summed E-state index contributed by atoms with van der Waals surface area (Å²) in [6, 6.07) is 0. The number of likely N-dealkylation sites (tertiary alicyclic amines) is 1. The largest absolute Gasteiger partial charge is 0.334 e. The van der Waals surface area contributed by atoms with E-state index < -0.39 is 0 Å². The molecule has 7 nitrogen and oxygen atoms in total. The fourth-order valence-corrected chi connectivity index (χ4v) is 4.11. The van der Waals surface area contributed by atoms with Gasteiger partial charge in [-0.25, -0.2) is 9.78 Å². The Bertz CT molecular complexity index is 813. The highest BCUT2D eigenvalue weighted by Gasteiger charge is 2.18. The van der Waals surface area contributed by atoms with Gasteiger partial charge in [0.25, 0.3) is 5.56 Å². The Morgan fingerprint density at radius 3 is 2.45 bits per heavy atom. The molecule has 3 rings (SSSR count). The Morgan fingerprint density at radius 2 is 1.77 bits per heavy atom. The van der Waals surface area contributed by atoms with Crippen LogP contribution in [-0.4, -0.2) is 44.1 Å². The van der Waals surface area contributed by atoms with E-state index in [4.69, 9.17) is 0 Å². The molecule has 0 unspecified atom stereocenters. The van der Waals surface area contributed by atoms with Crippen LogP contribution in [0.15, 0.2) is 14.7 Å². The summed E-state index contributed by atoms with van der Waals surface area (Å²) in [6.45, 7) is 3.64. The molecule has 1 aliphatic heterocycles. The van der Waals surface area contributed by atoms with Crippen LogP contribution in [0.25, 0.3) is 11.2 Å². The second-order valence-corrected chi connectivity index (χ2v) is 6.95. The maximum Gasteiger partial charge on any atom is 0.332 e. The van der Waals surface area contributed by atoms with E-state index in [1.807, 2.05) is 11.6 Å². The van der Waals surface area contributed by atoms with Gasteiger partial charge in [-0.2, -0.15) is 0 Å². The fraction of sp³-hybridized carbons (Fsp3) is 0.643. The van der Waals surface area contributed by atoms with Crippen molar-refractivity contribution in [1.29, 1.82) is 0 Å². The molecule has 2 aromatic heterocycles. The van der Waals surface area contributed by atoms with Crippen molar-refractivity contribution in [3.8, 4) is 0 Å². The summed E-state index contributed by atoms with van der Waals surface area (Å²) in [5.41, 5.74) is 0.302. The summed E-state index contributed by atoms with van der Waals surface area (Å²) >= 11 is 1.66. The SMILES string of the molecule is Cn1c(=O)c2nc(SCC[NH+]3CCCC3)n(C)c2n(C)c1=O. The molecular formula is C14H22N5O2S+. The third kappa shape index (κ3) is 2.50. The molecule has 120 valence electrons. The van der Waals surface area contributed by atoms with Crippen LogP contribution in [0.1, 0.15) is 12.8 Å². The summed E-state index contributed by atoms with van der Waals surface area (Å²) in [5, 5.41) is 0.798. The molecule has 3 heterocycles. The number of aryl methyl sites for hydroxylation is 2. The van der Waals surface area contributed by atoms with Crippen molar-refractivity contribution in [2.45, 2.75) is 18.0 Å². The van der Waals surface area contributed by atoms with Crippen LogP contribution in [0, 0.1) is 0 Å². The molecule has 0 saturated carbocycles. The zero-order chi connectivity index (χ0) is 15.9. The van der Waals surface area contributed by atoms with Gasteiger partial charge in [-0.1, -0.05) is 11.8 Å². The second-order valence-electron chi connectivity index (χ2n) is 5.89. The van der Waals surface area contributed by atoms with Crippen molar-refractivity contribution < 1.29 is 4.90 Å². The summed E-state index contributed by atoms with van der Waals surface area (Å²) < 4.78 is 4.44. The quantitative estimate of drug-likeness (QED) is 0.713. The molecule has 2 aromatic rings. The first kappa shape index (κ1) is 15.4. The molecular weight excluding hydrogens is 302 g/mol. The van der Waals surface area contributed by atoms with Crippen molar-refractivity contribution in [3.63, 3.8) is 0 Å². The topological polar surface area (TPSA) is 66.3 Å². The Balaban J connectivity index is 1.89. The van der Waals surface area contributed by atoms with Gasteiger partial charge in [-0.3, -0.25) is 13.9 Å². The number of nitrogens with zero attached hydrogens (tertiary/aromatic N) is 4. The lowest BCUT2D eigenvalue weighted by molar-refractivity contribution is -0.884. The van der Waals surface area contributed by atoms with Gasteiger partial charge in [0.1, 0.15) is 0 Å². The van der Waals surface area contributed by atoms with Crippen LogP contribution >= 0.6 is 11.8 Å². The number of quaternary nitrogens is 1. The van der Waals surface area contributed by atoms with E-state index in [0.29, 0.717) is 11.2 Å². The van der Waals surface area contributed by atoms with E-state index >= 15 is 0 Å². The predicted octanol–water partition coefficient (Wildman–Crippen LogP) is -1.26. The second kappa shape index (κ2) is 5.92. The van der Waals surface area contributed by atoms with Crippen molar-refractivity contribution in [2.24, 2.45) is 21.1 Å². The lowest BCUT2D eigenvalue weighted by Crippen LogP contribution is -3.10. The molecule has 0 aromatic carbocycles. The zero-order valence-corrected chi connectivity index (χ0v) is 14.1. The number of aromatic nitrogens is 4. The van der Waals surface area contributed by atoms with E-state index in [1.165, 1.54) is 37.5 Å². The minimum absolute atomic E-state index is 0.321. The van der Waals surface area contributed by atoms with Crippen molar-refractivity contribution >= 4 is 22.9 Å². The lowest BCUT2D eigenvalue weighted by atomic mass is 10.4. The van der Waals surface area contributed by atoms with Gasteiger partial charge in [0, 0.05) is 34.0 Å². The number of fused-ring (bicyclic) bond motifs is 1. The monoisotopic (exact) mass is 324 g/mol. The maximum absolute atomic E-state index is 12.2. The molecule has 1 fully saturated rings. The molecule has 22 heavy (non-hydrogen) atoms. The van der Waals surface area contributed by atoms with Gasteiger partial charge in [0.05, 0.1) is 25.4 Å². The van der Waals surface area contributed by atoms with Crippen LogP contribution in [0.4, 0.5) is 0 Å². The summed E-state index contributed by atoms with van der Waals surface area (Å²) in [7, 11) is 5.02.